The molecule has 1 saturated heterocycles. The highest BCUT2D eigenvalue weighted by Crippen LogP contribution is 2.20. The Hall–Kier alpha value is -0.980. The fourth-order valence-electron chi connectivity index (χ4n) is 1.96. The van der Waals surface area contributed by atoms with Crippen molar-refractivity contribution in [2.75, 3.05) is 13.7 Å². The van der Waals surface area contributed by atoms with Crippen molar-refractivity contribution in [1.82, 2.24) is 0 Å². The van der Waals surface area contributed by atoms with Crippen molar-refractivity contribution in [2.45, 2.75) is 31.1 Å². The Labute approximate surface area is 106 Å². The lowest BCUT2D eigenvalue weighted by Crippen LogP contribution is -2.42. The van der Waals surface area contributed by atoms with Crippen LogP contribution in [0, 0.1) is 0 Å². The fourth-order valence-corrected chi connectivity index (χ4v) is 1.96. The highest BCUT2D eigenvalue weighted by molar-refractivity contribution is 5.13. The maximum atomic E-state index is 9.71. The summed E-state index contributed by atoms with van der Waals surface area (Å²) in [6.07, 6.45) is -1.81. The maximum Gasteiger partial charge on any atom is 0.185 e. The number of ether oxygens (including phenoxy) is 3. The van der Waals surface area contributed by atoms with Gasteiger partial charge in [0.2, 0.25) is 0 Å². The first-order valence-corrected chi connectivity index (χ1v) is 5.96. The molecule has 3 N–H and O–H groups in total. The van der Waals surface area contributed by atoms with Gasteiger partial charge < -0.3 is 25.1 Å². The van der Waals surface area contributed by atoms with Crippen LogP contribution in [-0.2, 0) is 20.8 Å². The minimum Gasteiger partial charge on any atom is -0.386 e. The van der Waals surface area contributed by atoms with E-state index in [0.29, 0.717) is 13.2 Å². The van der Waals surface area contributed by atoms with Crippen molar-refractivity contribution >= 4 is 0 Å². The van der Waals surface area contributed by atoms with Crippen LogP contribution in [0.3, 0.4) is 0 Å². The number of aliphatic hydroxyl groups excluding tert-OH is 1. The van der Waals surface area contributed by atoms with Crippen molar-refractivity contribution in [1.29, 1.82) is 0 Å². The van der Waals surface area contributed by atoms with Gasteiger partial charge in [-0.05, 0) is 5.56 Å². The Morgan fingerprint density at radius 3 is 2.67 bits per heavy atom. The average Bonchev–Trinajstić information content (AvgIpc) is 2.68. The van der Waals surface area contributed by atoms with E-state index in [2.05, 4.69) is 0 Å². The van der Waals surface area contributed by atoms with Gasteiger partial charge in [-0.1, -0.05) is 30.3 Å². The largest absolute Gasteiger partial charge is 0.386 e. The lowest BCUT2D eigenvalue weighted by atomic mass is 10.1. The molecule has 1 aliphatic heterocycles. The van der Waals surface area contributed by atoms with E-state index in [9.17, 15) is 5.11 Å². The summed E-state index contributed by atoms with van der Waals surface area (Å²) < 4.78 is 16.0. The normalized spacial score (nSPS) is 31.7. The van der Waals surface area contributed by atoms with Gasteiger partial charge in [0.25, 0.3) is 0 Å². The van der Waals surface area contributed by atoms with Gasteiger partial charge in [0, 0.05) is 7.11 Å². The molecule has 1 aromatic carbocycles. The number of nitrogens with two attached hydrogens (primary N) is 1. The minimum absolute atomic E-state index is 0.339. The Morgan fingerprint density at radius 1 is 1.33 bits per heavy atom. The van der Waals surface area contributed by atoms with Gasteiger partial charge in [-0.3, -0.25) is 0 Å². The molecule has 0 aromatic heterocycles. The van der Waals surface area contributed by atoms with Gasteiger partial charge in [-0.25, -0.2) is 0 Å². The zero-order valence-electron chi connectivity index (χ0n) is 10.4. The molecule has 1 aliphatic rings. The number of rotatable bonds is 5. The molecule has 0 spiro atoms. The summed E-state index contributed by atoms with van der Waals surface area (Å²) in [5.41, 5.74) is 6.92. The third-order valence-electron chi connectivity index (χ3n) is 3.04. The molecule has 5 nitrogen and oxygen atoms in total. The first-order valence-electron chi connectivity index (χ1n) is 5.96. The minimum atomic E-state index is -0.805. The van der Waals surface area contributed by atoms with E-state index in [0.717, 1.165) is 5.56 Å². The van der Waals surface area contributed by atoms with Crippen LogP contribution in [0.1, 0.15) is 5.56 Å². The molecule has 0 aliphatic carbocycles. The van der Waals surface area contributed by atoms with Gasteiger partial charge in [-0.15, -0.1) is 0 Å². The van der Waals surface area contributed by atoms with Crippen LogP contribution >= 0.6 is 0 Å². The fraction of sp³-hybridized carbons (Fsp3) is 0.538. The molecule has 1 heterocycles. The van der Waals surface area contributed by atoms with Crippen LogP contribution in [0.4, 0.5) is 0 Å². The van der Waals surface area contributed by atoms with Gasteiger partial charge >= 0.3 is 0 Å². The third-order valence-corrected chi connectivity index (χ3v) is 3.04. The number of benzene rings is 1. The maximum absolute atomic E-state index is 9.71. The number of hydrogen-bond acceptors (Lipinski definition) is 5. The predicted molar refractivity (Wildman–Crippen MR) is 65.8 cm³/mol. The van der Waals surface area contributed by atoms with E-state index in [1.807, 2.05) is 30.3 Å². The molecule has 5 heteroatoms. The molecule has 1 aromatic rings. The number of methoxy groups -OCH3 is 1. The van der Waals surface area contributed by atoms with E-state index in [1.54, 1.807) is 0 Å². The first-order chi connectivity index (χ1) is 8.72. The molecular formula is C13H19NO4. The van der Waals surface area contributed by atoms with Gasteiger partial charge in [0.1, 0.15) is 12.2 Å². The zero-order valence-corrected chi connectivity index (χ0v) is 10.4. The van der Waals surface area contributed by atoms with E-state index in [-0.39, 0.29) is 6.10 Å². The Kier molecular flexibility index (Phi) is 4.68. The number of aliphatic hydroxyl groups is 1. The Bertz CT molecular complexity index is 359. The van der Waals surface area contributed by atoms with Crippen molar-refractivity contribution in [3.8, 4) is 0 Å². The van der Waals surface area contributed by atoms with Crippen LogP contribution in [0.5, 0.6) is 0 Å². The molecule has 1 fully saturated rings. The van der Waals surface area contributed by atoms with E-state index < -0.39 is 18.4 Å². The predicted octanol–water partition coefficient (Wildman–Crippen LogP) is 0.263. The Morgan fingerprint density at radius 2 is 2.06 bits per heavy atom. The van der Waals surface area contributed by atoms with E-state index >= 15 is 0 Å². The molecule has 0 radical (unpaired) electrons. The van der Waals surface area contributed by atoms with E-state index in [1.165, 1.54) is 7.11 Å². The topological polar surface area (TPSA) is 73.9 Å². The lowest BCUT2D eigenvalue weighted by Gasteiger charge is -2.15. The molecule has 100 valence electrons. The quantitative estimate of drug-likeness (QED) is 0.787. The van der Waals surface area contributed by atoms with Crippen LogP contribution in [0.25, 0.3) is 0 Å². The summed E-state index contributed by atoms with van der Waals surface area (Å²) in [7, 11) is 1.48. The second-order valence-electron chi connectivity index (χ2n) is 4.35. The lowest BCUT2D eigenvalue weighted by molar-refractivity contribution is -0.156. The smallest absolute Gasteiger partial charge is 0.185 e. The standard InChI is InChI=1S/C13H19NO4/c1-16-13-12(15)11(14)10(18-13)8-17-7-9-5-3-2-4-6-9/h2-6,10-13,15H,7-8,14H2,1H3/t10-,11+,12-,13+/m1/s1. The van der Waals surface area contributed by atoms with Crippen molar-refractivity contribution in [3.63, 3.8) is 0 Å². The summed E-state index contributed by atoms with van der Waals surface area (Å²) in [4.78, 5) is 0. The summed E-state index contributed by atoms with van der Waals surface area (Å²) in [5.74, 6) is 0. The first kappa shape index (κ1) is 13.5. The van der Waals surface area contributed by atoms with Crippen LogP contribution in [0.2, 0.25) is 0 Å². The number of hydrogen-bond donors (Lipinski definition) is 2. The summed E-state index contributed by atoms with van der Waals surface area (Å²) in [5, 5.41) is 9.71. The molecule has 2 rings (SSSR count). The second kappa shape index (κ2) is 6.26. The van der Waals surface area contributed by atoms with Crippen molar-refractivity contribution in [3.05, 3.63) is 35.9 Å². The third kappa shape index (κ3) is 3.07. The average molecular weight is 253 g/mol. The summed E-state index contributed by atoms with van der Waals surface area (Å²) >= 11 is 0. The van der Waals surface area contributed by atoms with Crippen LogP contribution in [0.15, 0.2) is 30.3 Å². The van der Waals surface area contributed by atoms with Gasteiger partial charge in [0.15, 0.2) is 6.29 Å². The zero-order chi connectivity index (χ0) is 13.0. The molecule has 0 bridgehead atoms. The summed E-state index contributed by atoms with van der Waals surface area (Å²) in [6.45, 7) is 0.841. The molecule has 18 heavy (non-hydrogen) atoms. The highest BCUT2D eigenvalue weighted by atomic mass is 16.7. The Balaban J connectivity index is 1.77. The van der Waals surface area contributed by atoms with E-state index in [4.69, 9.17) is 19.9 Å². The molecule has 0 saturated carbocycles. The van der Waals surface area contributed by atoms with Gasteiger partial charge in [0.05, 0.1) is 19.3 Å². The van der Waals surface area contributed by atoms with Crippen molar-refractivity contribution in [2.24, 2.45) is 5.73 Å². The molecular weight excluding hydrogens is 234 g/mol. The summed E-state index contributed by atoms with van der Waals surface area (Å²) in [6, 6.07) is 9.37. The van der Waals surface area contributed by atoms with Gasteiger partial charge in [-0.2, -0.15) is 0 Å². The molecule has 0 unspecified atom stereocenters. The molecule has 4 atom stereocenters. The van der Waals surface area contributed by atoms with Crippen LogP contribution < -0.4 is 5.73 Å². The second-order valence-corrected chi connectivity index (χ2v) is 4.35. The van der Waals surface area contributed by atoms with Crippen LogP contribution in [-0.4, -0.2) is 43.4 Å². The van der Waals surface area contributed by atoms with Crippen molar-refractivity contribution < 1.29 is 19.3 Å². The SMILES string of the molecule is CO[C@H]1O[C@H](COCc2ccccc2)[C@H](N)[C@H]1O. The molecule has 0 amide bonds. The highest BCUT2D eigenvalue weighted by Gasteiger charge is 2.41. The monoisotopic (exact) mass is 253 g/mol.